The lowest BCUT2D eigenvalue weighted by atomic mass is 9.90. The molecule has 3 aromatic rings. The van der Waals surface area contributed by atoms with Gasteiger partial charge in [0.25, 0.3) is 0 Å². The minimum atomic E-state index is -3.54. The number of carbonyl (C=O) groups is 1. The van der Waals surface area contributed by atoms with E-state index < -0.39 is 15.9 Å². The van der Waals surface area contributed by atoms with Crippen LogP contribution in [0, 0.1) is 0 Å². The number of hydrogen-bond acceptors (Lipinski definition) is 4. The molecule has 1 N–H and O–H groups in total. The van der Waals surface area contributed by atoms with Crippen molar-refractivity contribution in [1.82, 2.24) is 4.31 Å². The molecule has 0 saturated heterocycles. The lowest BCUT2D eigenvalue weighted by molar-refractivity contribution is -0.115. The molecule has 1 unspecified atom stereocenters. The van der Waals surface area contributed by atoms with Crippen LogP contribution < -0.4 is 5.32 Å². The molecule has 0 saturated carbocycles. The highest BCUT2D eigenvalue weighted by molar-refractivity contribution is 7.89. The summed E-state index contributed by atoms with van der Waals surface area (Å²) in [4.78, 5) is 17.9. The average molecular weight is 448 g/mol. The van der Waals surface area contributed by atoms with Crippen LogP contribution in [-0.4, -0.2) is 37.4 Å². The summed E-state index contributed by atoms with van der Waals surface area (Å²) in [6.07, 6.45) is 0. The van der Waals surface area contributed by atoms with Crippen LogP contribution in [0.15, 0.2) is 88.8 Å². The minimum Gasteiger partial charge on any atom is -0.325 e. The van der Waals surface area contributed by atoms with Crippen molar-refractivity contribution in [3.05, 3.63) is 90.0 Å². The number of rotatable bonds is 7. The summed E-state index contributed by atoms with van der Waals surface area (Å²) in [5.74, 6) is -0.679. The van der Waals surface area contributed by atoms with E-state index in [0.29, 0.717) is 24.5 Å². The molecule has 0 bridgehead atoms. The summed E-state index contributed by atoms with van der Waals surface area (Å²) < 4.78 is 27.0. The second kappa shape index (κ2) is 9.06. The van der Waals surface area contributed by atoms with Crippen molar-refractivity contribution in [2.75, 3.05) is 18.4 Å². The molecule has 164 valence electrons. The van der Waals surface area contributed by atoms with Crippen LogP contribution in [0.5, 0.6) is 0 Å². The molecule has 1 aliphatic rings. The molecule has 0 aliphatic carbocycles. The van der Waals surface area contributed by atoms with Gasteiger partial charge in [0.1, 0.15) is 5.92 Å². The van der Waals surface area contributed by atoms with E-state index in [2.05, 4.69) is 5.32 Å². The number of amides is 1. The van der Waals surface area contributed by atoms with Crippen molar-refractivity contribution < 1.29 is 13.2 Å². The lowest BCUT2D eigenvalue weighted by Crippen LogP contribution is -2.30. The van der Waals surface area contributed by atoms with E-state index in [1.54, 1.807) is 24.3 Å². The zero-order valence-corrected chi connectivity index (χ0v) is 18.8. The second-order valence-corrected chi connectivity index (χ2v) is 9.39. The van der Waals surface area contributed by atoms with Gasteiger partial charge in [0.15, 0.2) is 0 Å². The molecule has 32 heavy (non-hydrogen) atoms. The lowest BCUT2D eigenvalue weighted by Gasteiger charge is -2.18. The minimum absolute atomic E-state index is 0.130. The molecule has 1 atom stereocenters. The highest BCUT2D eigenvalue weighted by Gasteiger charge is 2.35. The maximum atomic E-state index is 12.9. The number of aliphatic imine (C=N–C) groups is 1. The van der Waals surface area contributed by atoms with Crippen molar-refractivity contribution in [3.8, 4) is 0 Å². The summed E-state index contributed by atoms with van der Waals surface area (Å²) >= 11 is 0. The summed E-state index contributed by atoms with van der Waals surface area (Å²) in [5.41, 5.74) is 3.70. The third-order valence-electron chi connectivity index (χ3n) is 5.56. The first kappa shape index (κ1) is 21.9. The summed E-state index contributed by atoms with van der Waals surface area (Å²) in [6, 6.07) is 23.7. The number of nitrogens with one attached hydrogen (secondary N) is 1. The van der Waals surface area contributed by atoms with Gasteiger partial charge in [-0.15, -0.1) is 0 Å². The van der Waals surface area contributed by atoms with Gasteiger partial charge in [-0.2, -0.15) is 4.31 Å². The number of fused-ring (bicyclic) bond motifs is 1. The highest BCUT2D eigenvalue weighted by atomic mass is 32.2. The Morgan fingerprint density at radius 2 is 1.53 bits per heavy atom. The molecule has 3 aromatic carbocycles. The average Bonchev–Trinajstić information content (AvgIpc) is 3.14. The first-order valence-corrected chi connectivity index (χ1v) is 12.0. The first-order chi connectivity index (χ1) is 15.5. The molecule has 1 amide bonds. The Kier molecular flexibility index (Phi) is 6.21. The fraction of sp³-hybridized carbons (Fsp3) is 0.200. The van der Waals surface area contributed by atoms with Crippen LogP contribution in [0.3, 0.4) is 0 Å². The first-order valence-electron chi connectivity index (χ1n) is 10.6. The summed E-state index contributed by atoms with van der Waals surface area (Å²) in [7, 11) is -3.54. The number of anilines is 1. The zero-order valence-electron chi connectivity index (χ0n) is 18.0. The van der Waals surface area contributed by atoms with E-state index in [-0.39, 0.29) is 10.8 Å². The molecule has 1 aliphatic heterocycles. The Morgan fingerprint density at radius 1 is 0.906 bits per heavy atom. The van der Waals surface area contributed by atoms with Crippen molar-refractivity contribution in [1.29, 1.82) is 0 Å². The van der Waals surface area contributed by atoms with Gasteiger partial charge in [-0.3, -0.25) is 9.79 Å². The van der Waals surface area contributed by atoms with Crippen LogP contribution in [-0.2, 0) is 14.8 Å². The molecule has 6 nitrogen and oxygen atoms in total. The molecule has 4 rings (SSSR count). The van der Waals surface area contributed by atoms with Crippen LogP contribution in [0.2, 0.25) is 0 Å². The molecule has 0 spiro atoms. The molecule has 1 heterocycles. The van der Waals surface area contributed by atoms with Gasteiger partial charge in [0.05, 0.1) is 16.3 Å². The smallest absolute Gasteiger partial charge is 0.243 e. The molecule has 0 fully saturated rings. The predicted octanol–water partition coefficient (Wildman–Crippen LogP) is 4.57. The van der Waals surface area contributed by atoms with Gasteiger partial charge < -0.3 is 5.32 Å². The van der Waals surface area contributed by atoms with Gasteiger partial charge in [-0.1, -0.05) is 62.4 Å². The molecule has 0 radical (unpaired) electrons. The third kappa shape index (κ3) is 4.09. The van der Waals surface area contributed by atoms with Crippen LogP contribution in [0.25, 0.3) is 0 Å². The van der Waals surface area contributed by atoms with E-state index in [4.69, 9.17) is 4.99 Å². The number of benzene rings is 3. The third-order valence-corrected chi connectivity index (χ3v) is 7.63. The zero-order chi connectivity index (χ0) is 22.7. The normalized spacial score (nSPS) is 16.2. The van der Waals surface area contributed by atoms with Gasteiger partial charge >= 0.3 is 0 Å². The molecular weight excluding hydrogens is 422 g/mol. The van der Waals surface area contributed by atoms with Crippen LogP contribution >= 0.6 is 0 Å². The van der Waals surface area contributed by atoms with E-state index in [1.165, 1.54) is 4.31 Å². The number of hydrogen-bond donors (Lipinski definition) is 1. The van der Waals surface area contributed by atoms with Gasteiger partial charge in [0, 0.05) is 18.8 Å². The fourth-order valence-electron chi connectivity index (χ4n) is 3.93. The Hall–Kier alpha value is -3.29. The standard InChI is InChI=1S/C25H25N3O3S/c1-3-28(4-2)32(30,31)20-16-14-19(15-17-20)26-24(18-10-6-5-7-11-18)23-21-12-8-9-13-22(21)27-25(23)29/h5-17,23H,3-4H2,1-2H3,(H,27,29). The predicted molar refractivity (Wildman–Crippen MR) is 127 cm³/mol. The van der Waals surface area contributed by atoms with Crippen LogP contribution in [0.4, 0.5) is 11.4 Å². The maximum absolute atomic E-state index is 12.9. The number of carbonyl (C=O) groups excluding carboxylic acids is 1. The maximum Gasteiger partial charge on any atom is 0.243 e. The van der Waals surface area contributed by atoms with E-state index >= 15 is 0 Å². The van der Waals surface area contributed by atoms with Gasteiger partial charge in [-0.25, -0.2) is 8.42 Å². The van der Waals surface area contributed by atoms with Crippen molar-refractivity contribution >= 4 is 33.0 Å². The second-order valence-electron chi connectivity index (χ2n) is 7.46. The SMILES string of the molecule is CCN(CC)S(=O)(=O)c1ccc(N=C(c2ccccc2)C2C(=O)Nc3ccccc32)cc1. The summed E-state index contributed by atoms with van der Waals surface area (Å²) in [6.45, 7) is 4.45. The number of nitrogens with zero attached hydrogens (tertiary/aromatic N) is 2. The quantitative estimate of drug-likeness (QED) is 0.539. The Balaban J connectivity index is 1.77. The summed E-state index contributed by atoms with van der Waals surface area (Å²) in [5, 5.41) is 2.93. The van der Waals surface area contributed by atoms with Crippen molar-refractivity contribution in [2.24, 2.45) is 4.99 Å². The highest BCUT2D eigenvalue weighted by Crippen LogP contribution is 2.36. The van der Waals surface area contributed by atoms with Crippen LogP contribution in [0.1, 0.15) is 30.9 Å². The molecule has 7 heteroatoms. The topological polar surface area (TPSA) is 78.8 Å². The fourth-order valence-corrected chi connectivity index (χ4v) is 5.39. The van der Waals surface area contributed by atoms with Gasteiger partial charge in [-0.05, 0) is 41.5 Å². The largest absolute Gasteiger partial charge is 0.325 e. The Labute approximate surface area is 188 Å². The Bertz CT molecular complexity index is 1250. The molecule has 0 aromatic heterocycles. The monoisotopic (exact) mass is 447 g/mol. The molecular formula is C25H25N3O3S. The number of para-hydroxylation sites is 1. The van der Waals surface area contributed by atoms with Gasteiger partial charge in [0.2, 0.25) is 15.9 Å². The Morgan fingerprint density at radius 3 is 2.19 bits per heavy atom. The number of sulfonamides is 1. The van der Waals surface area contributed by atoms with Crippen molar-refractivity contribution in [3.63, 3.8) is 0 Å². The van der Waals surface area contributed by atoms with E-state index in [1.807, 2.05) is 68.4 Å². The van der Waals surface area contributed by atoms with E-state index in [9.17, 15) is 13.2 Å². The van der Waals surface area contributed by atoms with E-state index in [0.717, 1.165) is 16.8 Å². The van der Waals surface area contributed by atoms with Crippen molar-refractivity contribution in [2.45, 2.75) is 24.7 Å².